The molecule has 0 spiro atoms. The Hall–Kier alpha value is -2.54. The average molecular weight is 313 g/mol. The number of amides is 1. The molecule has 3 aromatic heterocycles. The second-order valence-corrected chi connectivity index (χ2v) is 5.88. The maximum Gasteiger partial charge on any atom is 0.265 e. The van der Waals surface area contributed by atoms with Gasteiger partial charge in [-0.05, 0) is 37.1 Å². The van der Waals surface area contributed by atoms with Gasteiger partial charge in [-0.15, -0.1) is 11.3 Å². The van der Waals surface area contributed by atoms with Gasteiger partial charge in [-0.25, -0.2) is 14.6 Å². The highest BCUT2D eigenvalue weighted by Gasteiger charge is 2.14. The van der Waals surface area contributed by atoms with E-state index in [1.54, 1.807) is 24.7 Å². The Bertz CT molecular complexity index is 794. The monoisotopic (exact) mass is 313 g/mol. The Morgan fingerprint density at radius 2 is 2.32 bits per heavy atom. The molecule has 0 aliphatic rings. The smallest absolute Gasteiger partial charge is 0.265 e. The molecule has 3 aromatic rings. The summed E-state index contributed by atoms with van der Waals surface area (Å²) in [6, 6.07) is 5.49. The van der Waals surface area contributed by atoms with Gasteiger partial charge >= 0.3 is 0 Å². The third kappa shape index (κ3) is 2.75. The van der Waals surface area contributed by atoms with E-state index in [4.69, 9.17) is 0 Å². The fraction of sp³-hybridized carbons (Fsp3) is 0.200. The van der Waals surface area contributed by atoms with Crippen molar-refractivity contribution < 1.29 is 4.79 Å². The van der Waals surface area contributed by atoms with E-state index in [2.05, 4.69) is 27.3 Å². The highest BCUT2D eigenvalue weighted by Crippen LogP contribution is 2.24. The fourth-order valence-electron chi connectivity index (χ4n) is 2.16. The van der Waals surface area contributed by atoms with Gasteiger partial charge < -0.3 is 5.32 Å². The van der Waals surface area contributed by atoms with Crippen molar-refractivity contribution in [2.45, 2.75) is 20.3 Å². The molecule has 0 atom stereocenters. The number of carbonyl (C=O) groups excluding carboxylic acids is 1. The van der Waals surface area contributed by atoms with Crippen molar-refractivity contribution in [3.05, 3.63) is 52.4 Å². The molecule has 7 heteroatoms. The second kappa shape index (κ2) is 6.07. The molecule has 0 aliphatic heterocycles. The van der Waals surface area contributed by atoms with Gasteiger partial charge in [0.2, 0.25) is 0 Å². The van der Waals surface area contributed by atoms with Crippen molar-refractivity contribution in [2.75, 3.05) is 5.32 Å². The van der Waals surface area contributed by atoms with Crippen molar-refractivity contribution in [1.82, 2.24) is 19.7 Å². The summed E-state index contributed by atoms with van der Waals surface area (Å²) in [5, 5.41) is 6.95. The summed E-state index contributed by atoms with van der Waals surface area (Å²) < 4.78 is 1.52. The zero-order valence-electron chi connectivity index (χ0n) is 12.3. The quantitative estimate of drug-likeness (QED) is 0.804. The Morgan fingerprint density at radius 3 is 3.00 bits per heavy atom. The number of nitrogens with one attached hydrogen (secondary N) is 1. The molecule has 6 nitrogen and oxygen atoms in total. The zero-order valence-corrected chi connectivity index (χ0v) is 13.1. The largest absolute Gasteiger partial charge is 0.318 e. The predicted octanol–water partition coefficient (Wildman–Crippen LogP) is 2.85. The molecule has 22 heavy (non-hydrogen) atoms. The minimum Gasteiger partial charge on any atom is -0.318 e. The van der Waals surface area contributed by atoms with Crippen LogP contribution < -0.4 is 5.32 Å². The Balaban J connectivity index is 1.88. The summed E-state index contributed by atoms with van der Waals surface area (Å²) in [6.45, 7) is 4.11. The lowest BCUT2D eigenvalue weighted by Gasteiger charge is -2.08. The molecule has 0 bridgehead atoms. The lowest BCUT2D eigenvalue weighted by Crippen LogP contribution is -2.13. The molecule has 112 valence electrons. The number of pyridine rings is 1. The maximum atomic E-state index is 12.4. The number of hydrogen-bond donors (Lipinski definition) is 1. The third-order valence-electron chi connectivity index (χ3n) is 3.24. The van der Waals surface area contributed by atoms with Crippen LogP contribution in [0, 0.1) is 6.92 Å². The van der Waals surface area contributed by atoms with Gasteiger partial charge in [0, 0.05) is 11.1 Å². The zero-order chi connectivity index (χ0) is 15.5. The van der Waals surface area contributed by atoms with Crippen molar-refractivity contribution in [3.63, 3.8) is 0 Å². The van der Waals surface area contributed by atoms with Crippen LogP contribution in [-0.2, 0) is 6.42 Å². The van der Waals surface area contributed by atoms with Crippen LogP contribution in [0.3, 0.4) is 0 Å². The number of carbonyl (C=O) groups is 1. The Morgan fingerprint density at radius 1 is 1.45 bits per heavy atom. The van der Waals surface area contributed by atoms with E-state index in [0.29, 0.717) is 16.4 Å². The number of aryl methyl sites for hydroxylation is 2. The van der Waals surface area contributed by atoms with Gasteiger partial charge in [-0.2, -0.15) is 5.10 Å². The summed E-state index contributed by atoms with van der Waals surface area (Å²) in [6.07, 6.45) is 5.55. The normalized spacial score (nSPS) is 10.6. The number of hydrogen-bond acceptors (Lipinski definition) is 5. The van der Waals surface area contributed by atoms with E-state index >= 15 is 0 Å². The Kier molecular flexibility index (Phi) is 3.97. The van der Waals surface area contributed by atoms with Gasteiger partial charge in [0.25, 0.3) is 5.91 Å². The van der Waals surface area contributed by atoms with Crippen LogP contribution in [-0.4, -0.2) is 25.7 Å². The van der Waals surface area contributed by atoms with Crippen molar-refractivity contribution in [2.24, 2.45) is 0 Å². The lowest BCUT2D eigenvalue weighted by molar-refractivity contribution is 0.103. The minimum absolute atomic E-state index is 0.137. The molecular formula is C15H15N5OS. The first-order valence-electron chi connectivity index (χ1n) is 6.89. The first kappa shape index (κ1) is 14.4. The molecule has 0 aromatic carbocycles. The molecule has 3 heterocycles. The van der Waals surface area contributed by atoms with Crippen LogP contribution in [0.4, 0.5) is 5.69 Å². The van der Waals surface area contributed by atoms with Crippen LogP contribution in [0.15, 0.2) is 37.1 Å². The summed E-state index contributed by atoms with van der Waals surface area (Å²) >= 11 is 1.52. The van der Waals surface area contributed by atoms with Crippen LogP contribution in [0.25, 0.3) is 5.82 Å². The molecule has 0 unspecified atom stereocenters. The van der Waals surface area contributed by atoms with E-state index in [1.807, 2.05) is 13.0 Å². The van der Waals surface area contributed by atoms with E-state index < -0.39 is 0 Å². The van der Waals surface area contributed by atoms with Gasteiger partial charge in [-0.1, -0.05) is 6.92 Å². The van der Waals surface area contributed by atoms with E-state index in [-0.39, 0.29) is 5.91 Å². The standard InChI is InChI=1S/C15H15N5OS/c1-3-12-10(2)7-13(22-12)15(21)19-11-5-4-6-17-14(11)20-9-16-8-18-20/h4-9H,3H2,1-2H3,(H,19,21). The summed E-state index contributed by atoms with van der Waals surface area (Å²) in [5.41, 5.74) is 1.75. The summed E-state index contributed by atoms with van der Waals surface area (Å²) in [4.78, 5) is 22.5. The first-order chi connectivity index (χ1) is 10.7. The van der Waals surface area contributed by atoms with Gasteiger partial charge in [0.1, 0.15) is 12.7 Å². The highest BCUT2D eigenvalue weighted by molar-refractivity contribution is 7.14. The molecule has 0 aliphatic carbocycles. The van der Waals surface area contributed by atoms with Crippen molar-refractivity contribution >= 4 is 22.9 Å². The SMILES string of the molecule is CCc1sc(C(=O)Nc2cccnc2-n2cncn2)cc1C. The topological polar surface area (TPSA) is 72.7 Å². The van der Waals surface area contributed by atoms with Crippen molar-refractivity contribution in [1.29, 1.82) is 0 Å². The molecule has 3 rings (SSSR count). The minimum atomic E-state index is -0.137. The van der Waals surface area contributed by atoms with Gasteiger partial charge in [-0.3, -0.25) is 4.79 Å². The number of nitrogens with zero attached hydrogens (tertiary/aromatic N) is 4. The highest BCUT2D eigenvalue weighted by atomic mass is 32.1. The number of thiophene rings is 1. The molecule has 0 saturated carbocycles. The maximum absolute atomic E-state index is 12.4. The number of aromatic nitrogens is 4. The van der Waals surface area contributed by atoms with E-state index in [0.717, 1.165) is 12.0 Å². The molecular weight excluding hydrogens is 298 g/mol. The van der Waals surface area contributed by atoms with E-state index in [9.17, 15) is 4.79 Å². The summed E-state index contributed by atoms with van der Waals surface area (Å²) in [7, 11) is 0. The predicted molar refractivity (Wildman–Crippen MR) is 85.5 cm³/mol. The average Bonchev–Trinajstić information content (AvgIpc) is 3.17. The van der Waals surface area contributed by atoms with E-state index in [1.165, 1.54) is 27.2 Å². The number of anilines is 1. The van der Waals surface area contributed by atoms with Gasteiger partial charge in [0.15, 0.2) is 5.82 Å². The van der Waals surface area contributed by atoms with Gasteiger partial charge in [0.05, 0.1) is 10.6 Å². The van der Waals surface area contributed by atoms with Crippen LogP contribution in [0.1, 0.15) is 27.0 Å². The molecule has 0 radical (unpaired) electrons. The third-order valence-corrected chi connectivity index (χ3v) is 4.62. The number of rotatable bonds is 4. The second-order valence-electron chi connectivity index (χ2n) is 4.74. The Labute approximate surface area is 131 Å². The van der Waals surface area contributed by atoms with Crippen LogP contribution >= 0.6 is 11.3 Å². The molecule has 0 saturated heterocycles. The molecule has 1 amide bonds. The van der Waals surface area contributed by atoms with Crippen LogP contribution in [0.2, 0.25) is 0 Å². The molecule has 0 fully saturated rings. The van der Waals surface area contributed by atoms with Crippen molar-refractivity contribution in [3.8, 4) is 5.82 Å². The fourth-order valence-corrected chi connectivity index (χ4v) is 3.17. The first-order valence-corrected chi connectivity index (χ1v) is 7.71. The van der Waals surface area contributed by atoms with Crippen LogP contribution in [0.5, 0.6) is 0 Å². The lowest BCUT2D eigenvalue weighted by atomic mass is 10.2. The summed E-state index contributed by atoms with van der Waals surface area (Å²) in [5.74, 6) is 0.402. The molecule has 1 N–H and O–H groups in total.